The summed E-state index contributed by atoms with van der Waals surface area (Å²) in [4.78, 5) is 37.6. The fraction of sp³-hybridized carbons (Fsp3) is 0.273. The van der Waals surface area contributed by atoms with Crippen molar-refractivity contribution in [1.82, 2.24) is 4.90 Å². The first-order valence-corrected chi connectivity index (χ1v) is 10.1. The van der Waals surface area contributed by atoms with Gasteiger partial charge in [-0.15, -0.1) is 0 Å². The van der Waals surface area contributed by atoms with Crippen molar-refractivity contribution in [3.63, 3.8) is 0 Å². The van der Waals surface area contributed by atoms with E-state index in [1.807, 2.05) is 0 Å². The summed E-state index contributed by atoms with van der Waals surface area (Å²) in [6.45, 7) is 3.71. The predicted octanol–water partition coefficient (Wildman–Crippen LogP) is 4.10. The number of carbonyl (C=O) groups excluding carboxylic acids is 2. The van der Waals surface area contributed by atoms with E-state index in [1.54, 1.807) is 26.0 Å². The minimum Gasteiger partial charge on any atom is -0.507 e. The number of ketones is 1. The lowest BCUT2D eigenvalue weighted by Gasteiger charge is -2.25. The average Bonchev–Trinajstić information content (AvgIpc) is 2.98. The fourth-order valence-electron chi connectivity index (χ4n) is 3.81. The highest BCUT2D eigenvalue weighted by atomic mass is 35.5. The Balaban J connectivity index is 2.32. The second-order valence-electron chi connectivity index (χ2n) is 7.33. The number of Topliss-reactive ketones (excluding diaryl/α,β-unsaturated/α-hetero) is 1. The molecule has 0 spiro atoms. The van der Waals surface area contributed by atoms with Crippen LogP contribution in [-0.2, 0) is 9.59 Å². The number of likely N-dealkylation sites (tertiary alicyclic amines) is 1. The van der Waals surface area contributed by atoms with E-state index in [4.69, 9.17) is 16.3 Å². The lowest BCUT2D eigenvalue weighted by atomic mass is 9.94. The van der Waals surface area contributed by atoms with Gasteiger partial charge in [-0.05, 0) is 42.7 Å². The molecule has 9 nitrogen and oxygen atoms in total. The molecule has 1 aliphatic rings. The number of aliphatic hydroxyl groups excluding tert-OH is 1. The van der Waals surface area contributed by atoms with Crippen LogP contribution in [0.15, 0.2) is 35.9 Å². The molecular formula is C22H21ClN2O7. The summed E-state index contributed by atoms with van der Waals surface area (Å²) in [6.07, 6.45) is 0.503. The Kier molecular flexibility index (Phi) is 6.40. The number of nitro groups is 1. The van der Waals surface area contributed by atoms with Crippen LogP contribution in [0.1, 0.15) is 36.1 Å². The van der Waals surface area contributed by atoms with Crippen molar-refractivity contribution < 1.29 is 29.5 Å². The molecule has 0 radical (unpaired) electrons. The maximum absolute atomic E-state index is 13.0. The Bertz CT molecular complexity index is 1160. The van der Waals surface area contributed by atoms with Crippen LogP contribution in [0.25, 0.3) is 5.76 Å². The van der Waals surface area contributed by atoms with Crippen molar-refractivity contribution in [2.75, 3.05) is 13.7 Å². The Morgan fingerprint density at radius 1 is 1.28 bits per heavy atom. The van der Waals surface area contributed by atoms with Crippen molar-refractivity contribution in [3.05, 3.63) is 67.7 Å². The van der Waals surface area contributed by atoms with E-state index in [0.29, 0.717) is 12.0 Å². The van der Waals surface area contributed by atoms with Crippen LogP contribution in [0, 0.1) is 17.0 Å². The number of halogens is 1. The summed E-state index contributed by atoms with van der Waals surface area (Å²) in [7, 11) is 1.35. The molecule has 1 saturated heterocycles. The van der Waals surface area contributed by atoms with E-state index in [2.05, 4.69) is 0 Å². The van der Waals surface area contributed by atoms with Crippen LogP contribution in [0.4, 0.5) is 5.69 Å². The van der Waals surface area contributed by atoms with Gasteiger partial charge in [-0.3, -0.25) is 19.7 Å². The molecule has 1 amide bonds. The number of rotatable bonds is 6. The molecule has 2 N–H and O–H groups in total. The van der Waals surface area contributed by atoms with Gasteiger partial charge in [-0.25, -0.2) is 0 Å². The maximum Gasteiger partial charge on any atom is 0.311 e. The number of benzene rings is 2. The highest BCUT2D eigenvalue weighted by Crippen LogP contribution is 2.44. The van der Waals surface area contributed by atoms with Crippen LogP contribution in [-0.4, -0.2) is 45.4 Å². The first-order valence-electron chi connectivity index (χ1n) is 9.72. The van der Waals surface area contributed by atoms with E-state index in [0.717, 1.165) is 12.1 Å². The van der Waals surface area contributed by atoms with Gasteiger partial charge in [0.25, 0.3) is 11.7 Å². The largest absolute Gasteiger partial charge is 0.507 e. The molecule has 10 heteroatoms. The van der Waals surface area contributed by atoms with E-state index < -0.39 is 39.9 Å². The van der Waals surface area contributed by atoms with E-state index in [1.165, 1.54) is 18.1 Å². The molecule has 32 heavy (non-hydrogen) atoms. The molecule has 3 rings (SSSR count). The molecule has 0 aromatic heterocycles. The number of hydrogen-bond acceptors (Lipinski definition) is 7. The molecule has 1 unspecified atom stereocenters. The quantitative estimate of drug-likeness (QED) is 0.218. The number of phenolic OH excluding ortho intramolecular Hbond substituents is 1. The number of carbonyl (C=O) groups is 2. The molecule has 2 aromatic carbocycles. The molecule has 168 valence electrons. The standard InChI is InChI=1S/C22H21ClN2O7/c1-4-7-24-18(12-5-6-16(26)15(10-12)25(30)31)17(20(28)22(24)29)19(27)13-8-11(2)9-14(23)21(13)32-3/h5-6,8-10,18,26-27H,4,7H2,1-3H3/b19-17+. The van der Waals surface area contributed by atoms with Gasteiger partial charge >= 0.3 is 5.69 Å². The maximum atomic E-state index is 13.0. The van der Waals surface area contributed by atoms with Crippen LogP contribution >= 0.6 is 11.6 Å². The van der Waals surface area contributed by atoms with E-state index >= 15 is 0 Å². The Morgan fingerprint density at radius 2 is 1.97 bits per heavy atom. The number of aromatic hydroxyl groups is 1. The van der Waals surface area contributed by atoms with Crippen LogP contribution in [0.3, 0.4) is 0 Å². The number of nitro benzene ring substituents is 1. The monoisotopic (exact) mass is 460 g/mol. The molecule has 1 fully saturated rings. The van der Waals surface area contributed by atoms with Crippen LogP contribution in [0.2, 0.25) is 5.02 Å². The number of phenols is 1. The molecule has 1 heterocycles. The normalized spacial score (nSPS) is 17.6. The van der Waals surface area contributed by atoms with Crippen molar-refractivity contribution in [1.29, 1.82) is 0 Å². The van der Waals surface area contributed by atoms with Crippen molar-refractivity contribution in [2.24, 2.45) is 0 Å². The predicted molar refractivity (Wildman–Crippen MR) is 117 cm³/mol. The molecule has 0 aliphatic carbocycles. The third-order valence-corrected chi connectivity index (χ3v) is 5.44. The number of methoxy groups -OCH3 is 1. The van der Waals surface area contributed by atoms with E-state index in [9.17, 15) is 29.9 Å². The third kappa shape index (κ3) is 3.87. The molecule has 1 aliphatic heterocycles. The fourth-order valence-corrected chi connectivity index (χ4v) is 4.16. The lowest BCUT2D eigenvalue weighted by molar-refractivity contribution is -0.385. The second-order valence-corrected chi connectivity index (χ2v) is 7.73. The Morgan fingerprint density at radius 3 is 2.56 bits per heavy atom. The first kappa shape index (κ1) is 23.1. The van der Waals surface area contributed by atoms with Gasteiger partial charge in [-0.2, -0.15) is 0 Å². The molecule has 0 saturated carbocycles. The molecular weight excluding hydrogens is 440 g/mol. The topological polar surface area (TPSA) is 130 Å². The van der Waals surface area contributed by atoms with Gasteiger partial charge in [0.1, 0.15) is 11.5 Å². The number of amides is 1. The van der Waals surface area contributed by atoms with Crippen LogP contribution < -0.4 is 4.74 Å². The van der Waals surface area contributed by atoms with Gasteiger partial charge in [-0.1, -0.05) is 24.6 Å². The smallest absolute Gasteiger partial charge is 0.311 e. The number of aryl methyl sites for hydroxylation is 1. The van der Waals surface area contributed by atoms with Gasteiger partial charge < -0.3 is 19.8 Å². The van der Waals surface area contributed by atoms with Gasteiger partial charge in [0.15, 0.2) is 5.75 Å². The van der Waals surface area contributed by atoms with Gasteiger partial charge in [0, 0.05) is 12.6 Å². The molecule has 2 aromatic rings. The zero-order valence-corrected chi connectivity index (χ0v) is 18.3. The zero-order chi connectivity index (χ0) is 23.7. The van der Waals surface area contributed by atoms with Crippen molar-refractivity contribution >= 4 is 34.7 Å². The van der Waals surface area contributed by atoms with Crippen molar-refractivity contribution in [3.8, 4) is 11.5 Å². The van der Waals surface area contributed by atoms with Gasteiger partial charge in [0.05, 0.1) is 34.2 Å². The highest BCUT2D eigenvalue weighted by molar-refractivity contribution is 6.46. The Hall–Kier alpha value is -3.59. The van der Waals surface area contributed by atoms with Crippen molar-refractivity contribution in [2.45, 2.75) is 26.3 Å². The third-order valence-electron chi connectivity index (χ3n) is 5.16. The summed E-state index contributed by atoms with van der Waals surface area (Å²) >= 11 is 6.23. The zero-order valence-electron chi connectivity index (χ0n) is 17.6. The minimum absolute atomic E-state index is 0.116. The molecule has 0 bridgehead atoms. The van der Waals surface area contributed by atoms with Gasteiger partial charge in [0.2, 0.25) is 0 Å². The number of hydrogen-bond donors (Lipinski definition) is 2. The summed E-state index contributed by atoms with van der Waals surface area (Å²) < 4.78 is 5.30. The summed E-state index contributed by atoms with van der Waals surface area (Å²) in [6, 6.07) is 5.65. The number of aliphatic hydroxyl groups is 1. The van der Waals surface area contributed by atoms with Crippen LogP contribution in [0.5, 0.6) is 11.5 Å². The van der Waals surface area contributed by atoms with E-state index in [-0.39, 0.29) is 34.0 Å². The Labute approximate surface area is 188 Å². The molecule has 1 atom stereocenters. The lowest BCUT2D eigenvalue weighted by Crippen LogP contribution is -2.30. The highest BCUT2D eigenvalue weighted by Gasteiger charge is 2.46. The summed E-state index contributed by atoms with van der Waals surface area (Å²) in [5.41, 5.74) is 0.160. The number of ether oxygens (including phenoxy) is 1. The SMILES string of the molecule is CCCN1C(=O)C(=O)/C(=C(/O)c2cc(C)cc(Cl)c2OC)C1c1ccc(O)c([N+](=O)[O-])c1. The summed E-state index contributed by atoms with van der Waals surface area (Å²) in [5.74, 6) is -2.72. The number of nitrogens with zero attached hydrogens (tertiary/aromatic N) is 2. The second kappa shape index (κ2) is 8.88. The minimum atomic E-state index is -1.10. The summed E-state index contributed by atoms with van der Waals surface area (Å²) in [5, 5.41) is 32.5. The average molecular weight is 461 g/mol. The first-order chi connectivity index (χ1) is 15.1.